The summed E-state index contributed by atoms with van der Waals surface area (Å²) in [7, 11) is 0. The molecule has 0 saturated heterocycles. The maximum atomic E-state index is 13.6. The maximum absolute atomic E-state index is 13.6. The minimum absolute atomic E-state index is 0.00476. The summed E-state index contributed by atoms with van der Waals surface area (Å²) < 4.78 is 13.6. The molecule has 0 saturated carbocycles. The van der Waals surface area contributed by atoms with Crippen LogP contribution in [0.3, 0.4) is 0 Å². The summed E-state index contributed by atoms with van der Waals surface area (Å²) in [5.41, 5.74) is 2.01. The Kier molecular flexibility index (Phi) is 5.50. The molecular formula is C20H14Cl3FN4O. The van der Waals surface area contributed by atoms with Crippen molar-refractivity contribution in [3.8, 4) is 0 Å². The fourth-order valence-corrected chi connectivity index (χ4v) is 3.60. The van der Waals surface area contributed by atoms with Crippen LogP contribution in [0, 0.1) is 5.82 Å². The third kappa shape index (κ3) is 4.24. The van der Waals surface area contributed by atoms with E-state index in [9.17, 15) is 9.18 Å². The summed E-state index contributed by atoms with van der Waals surface area (Å²) in [6.07, 6.45) is 4.05. The third-order valence-electron chi connectivity index (χ3n) is 4.43. The van der Waals surface area contributed by atoms with E-state index >= 15 is 0 Å². The summed E-state index contributed by atoms with van der Waals surface area (Å²) in [5.74, 6) is -0.464. The van der Waals surface area contributed by atoms with Crippen molar-refractivity contribution in [3.05, 3.63) is 80.7 Å². The van der Waals surface area contributed by atoms with Crippen molar-refractivity contribution in [2.24, 2.45) is 4.99 Å². The SMILES string of the molecule is O=C(Nc1ccc(Cl)c(F)c1)C1=CCC2NC(Nc3c(Cl)cccc3Cl)=NC2=C1. The lowest BCUT2D eigenvalue weighted by atomic mass is 10.00. The minimum atomic E-state index is -0.598. The van der Waals surface area contributed by atoms with E-state index in [-0.39, 0.29) is 17.0 Å². The lowest BCUT2D eigenvalue weighted by Crippen LogP contribution is -2.34. The van der Waals surface area contributed by atoms with Gasteiger partial charge in [0.2, 0.25) is 5.96 Å². The summed E-state index contributed by atoms with van der Waals surface area (Å²) in [6.45, 7) is 0. The molecule has 2 aromatic carbocycles. The van der Waals surface area contributed by atoms with Crippen molar-refractivity contribution >= 4 is 58.0 Å². The number of nitrogens with zero attached hydrogens (tertiary/aromatic N) is 1. The Balaban J connectivity index is 1.49. The van der Waals surface area contributed by atoms with Crippen molar-refractivity contribution in [1.29, 1.82) is 0 Å². The van der Waals surface area contributed by atoms with Gasteiger partial charge in [-0.3, -0.25) is 4.79 Å². The molecule has 0 fully saturated rings. The largest absolute Gasteiger partial charge is 0.347 e. The van der Waals surface area contributed by atoms with E-state index in [0.29, 0.717) is 45.1 Å². The number of anilines is 2. The molecule has 1 aliphatic carbocycles. The van der Waals surface area contributed by atoms with Crippen LogP contribution in [0.15, 0.2) is 64.8 Å². The zero-order valence-corrected chi connectivity index (χ0v) is 17.0. The topological polar surface area (TPSA) is 65.5 Å². The number of rotatable bonds is 3. The Labute approximate surface area is 181 Å². The predicted molar refractivity (Wildman–Crippen MR) is 115 cm³/mol. The summed E-state index contributed by atoms with van der Waals surface area (Å²) in [6, 6.07) is 9.23. The van der Waals surface area contributed by atoms with Crippen LogP contribution in [0.1, 0.15) is 6.42 Å². The van der Waals surface area contributed by atoms with Crippen molar-refractivity contribution in [2.45, 2.75) is 12.5 Å². The Morgan fingerprint density at radius 2 is 1.90 bits per heavy atom. The number of aliphatic imine (C=N–C) groups is 1. The van der Waals surface area contributed by atoms with E-state index in [1.54, 1.807) is 30.4 Å². The quantitative estimate of drug-likeness (QED) is 0.587. The van der Waals surface area contributed by atoms with Gasteiger partial charge in [0, 0.05) is 11.3 Å². The fourth-order valence-electron chi connectivity index (χ4n) is 2.99. The second-order valence-corrected chi connectivity index (χ2v) is 7.65. The Hall–Kier alpha value is -2.54. The zero-order valence-electron chi connectivity index (χ0n) is 14.8. The standard InChI is InChI=1S/C20H14Cl3FN4O/c21-12-6-5-11(9-15(12)24)25-19(29)10-4-7-16-17(8-10)27-20(26-16)28-18-13(22)2-1-3-14(18)23/h1-6,8-9,16H,7H2,(H,25,29)(H2,26,27,28). The number of benzene rings is 2. The molecule has 9 heteroatoms. The van der Waals surface area contributed by atoms with E-state index in [4.69, 9.17) is 34.8 Å². The first-order valence-corrected chi connectivity index (χ1v) is 9.78. The molecule has 4 rings (SSSR count). The lowest BCUT2D eigenvalue weighted by molar-refractivity contribution is -0.112. The number of nitrogens with one attached hydrogen (secondary N) is 3. The Morgan fingerprint density at radius 1 is 1.14 bits per heavy atom. The van der Waals surface area contributed by atoms with Gasteiger partial charge in [-0.15, -0.1) is 0 Å². The predicted octanol–water partition coefficient (Wildman–Crippen LogP) is 5.38. The number of para-hydroxylation sites is 1. The highest BCUT2D eigenvalue weighted by Crippen LogP contribution is 2.31. The molecule has 1 aliphatic heterocycles. The highest BCUT2D eigenvalue weighted by Gasteiger charge is 2.27. The lowest BCUT2D eigenvalue weighted by Gasteiger charge is -2.17. The van der Waals surface area contributed by atoms with E-state index < -0.39 is 5.82 Å². The van der Waals surface area contributed by atoms with Gasteiger partial charge in [-0.05, 0) is 42.8 Å². The normalized spacial score (nSPS) is 17.5. The molecule has 0 radical (unpaired) electrons. The number of fused-ring (bicyclic) bond motifs is 1. The molecular weight excluding hydrogens is 438 g/mol. The van der Waals surface area contributed by atoms with Crippen molar-refractivity contribution < 1.29 is 9.18 Å². The van der Waals surface area contributed by atoms with Crippen molar-refractivity contribution in [2.75, 3.05) is 10.6 Å². The number of halogens is 4. The number of carbonyl (C=O) groups excluding carboxylic acids is 1. The fraction of sp³-hybridized carbons (Fsp3) is 0.100. The van der Waals surface area contributed by atoms with Gasteiger partial charge in [0.15, 0.2) is 0 Å². The summed E-state index contributed by atoms with van der Waals surface area (Å²) in [5, 5.41) is 9.91. The van der Waals surface area contributed by atoms with Gasteiger partial charge in [-0.2, -0.15) is 0 Å². The van der Waals surface area contributed by atoms with Crippen molar-refractivity contribution in [1.82, 2.24) is 5.32 Å². The molecule has 2 aromatic rings. The molecule has 5 nitrogen and oxygen atoms in total. The number of amides is 1. The van der Waals surface area contributed by atoms with Gasteiger partial charge in [-0.25, -0.2) is 9.38 Å². The third-order valence-corrected chi connectivity index (χ3v) is 5.37. The van der Waals surface area contributed by atoms with Crippen LogP contribution in [-0.2, 0) is 4.79 Å². The highest BCUT2D eigenvalue weighted by molar-refractivity contribution is 6.39. The average molecular weight is 452 g/mol. The van der Waals surface area contributed by atoms with E-state index in [2.05, 4.69) is 20.9 Å². The van der Waals surface area contributed by atoms with Gasteiger partial charge in [0.05, 0.1) is 32.5 Å². The molecule has 2 aliphatic rings. The smallest absolute Gasteiger partial charge is 0.255 e. The van der Waals surface area contributed by atoms with Gasteiger partial charge < -0.3 is 16.0 Å². The maximum Gasteiger partial charge on any atom is 0.255 e. The molecule has 148 valence electrons. The van der Waals surface area contributed by atoms with Gasteiger partial charge in [0.1, 0.15) is 5.82 Å². The van der Waals surface area contributed by atoms with Crippen LogP contribution < -0.4 is 16.0 Å². The molecule has 1 amide bonds. The zero-order chi connectivity index (χ0) is 20.5. The first-order valence-electron chi connectivity index (χ1n) is 8.65. The van der Waals surface area contributed by atoms with Crippen LogP contribution in [-0.4, -0.2) is 17.9 Å². The summed E-state index contributed by atoms with van der Waals surface area (Å²) in [4.78, 5) is 17.0. The van der Waals surface area contributed by atoms with Crippen LogP contribution in [0.5, 0.6) is 0 Å². The second-order valence-electron chi connectivity index (χ2n) is 6.43. The van der Waals surface area contributed by atoms with Crippen LogP contribution in [0.2, 0.25) is 15.1 Å². The molecule has 29 heavy (non-hydrogen) atoms. The van der Waals surface area contributed by atoms with Gasteiger partial charge in [0.25, 0.3) is 5.91 Å². The second kappa shape index (κ2) is 8.06. The monoisotopic (exact) mass is 450 g/mol. The molecule has 1 heterocycles. The summed E-state index contributed by atoms with van der Waals surface area (Å²) >= 11 is 18.0. The molecule has 3 N–H and O–H groups in total. The molecule has 0 spiro atoms. The molecule has 0 aromatic heterocycles. The number of hydrogen-bond donors (Lipinski definition) is 3. The molecule has 1 atom stereocenters. The number of hydrogen-bond acceptors (Lipinski definition) is 4. The van der Waals surface area contributed by atoms with E-state index in [1.165, 1.54) is 18.2 Å². The van der Waals surface area contributed by atoms with Crippen molar-refractivity contribution in [3.63, 3.8) is 0 Å². The Morgan fingerprint density at radius 3 is 2.62 bits per heavy atom. The van der Waals surface area contributed by atoms with Gasteiger partial charge in [-0.1, -0.05) is 46.9 Å². The van der Waals surface area contributed by atoms with Crippen LogP contribution >= 0.6 is 34.8 Å². The molecule has 1 unspecified atom stereocenters. The number of guanidine groups is 1. The average Bonchev–Trinajstić information content (AvgIpc) is 3.09. The number of carbonyl (C=O) groups is 1. The minimum Gasteiger partial charge on any atom is -0.347 e. The van der Waals surface area contributed by atoms with Gasteiger partial charge >= 0.3 is 0 Å². The van der Waals surface area contributed by atoms with E-state index in [0.717, 1.165) is 0 Å². The van der Waals surface area contributed by atoms with E-state index in [1.807, 2.05) is 0 Å². The molecule has 0 bridgehead atoms. The first-order chi connectivity index (χ1) is 13.9. The highest BCUT2D eigenvalue weighted by atomic mass is 35.5. The van der Waals surface area contributed by atoms with Crippen LogP contribution in [0.25, 0.3) is 0 Å². The van der Waals surface area contributed by atoms with Crippen LogP contribution in [0.4, 0.5) is 15.8 Å². The Bertz CT molecular complexity index is 1080. The first kappa shape index (κ1) is 19.8.